The van der Waals surface area contributed by atoms with Crippen LogP contribution in [0.5, 0.6) is 11.5 Å². The van der Waals surface area contributed by atoms with Crippen LogP contribution in [0.25, 0.3) is 22.0 Å². The van der Waals surface area contributed by atoms with Crippen molar-refractivity contribution in [1.29, 1.82) is 0 Å². The van der Waals surface area contributed by atoms with Gasteiger partial charge in [0, 0.05) is 17.9 Å². The molecule has 0 radical (unpaired) electrons. The minimum Gasteiger partial charge on any atom is -0.454 e. The summed E-state index contributed by atoms with van der Waals surface area (Å²) in [7, 11) is 0. The molecule has 0 fully saturated rings. The van der Waals surface area contributed by atoms with E-state index in [4.69, 9.17) is 9.47 Å². The maximum Gasteiger partial charge on any atom is 0.231 e. The lowest BCUT2D eigenvalue weighted by Crippen LogP contribution is -2.39. The van der Waals surface area contributed by atoms with Gasteiger partial charge in [0.25, 0.3) is 0 Å². The molecule has 22 heavy (non-hydrogen) atoms. The van der Waals surface area contributed by atoms with Gasteiger partial charge in [0.15, 0.2) is 24.2 Å². The minimum atomic E-state index is 0.329. The van der Waals surface area contributed by atoms with Crippen LogP contribution >= 0.6 is 0 Å². The van der Waals surface area contributed by atoms with Crippen LogP contribution in [0, 0.1) is 6.92 Å². The second-order valence-electron chi connectivity index (χ2n) is 6.10. The third-order valence-electron chi connectivity index (χ3n) is 4.64. The van der Waals surface area contributed by atoms with Crippen LogP contribution in [-0.2, 0) is 13.0 Å². The first kappa shape index (κ1) is 12.0. The molecule has 0 saturated heterocycles. The van der Waals surface area contributed by atoms with Crippen LogP contribution in [0.3, 0.4) is 0 Å². The van der Waals surface area contributed by atoms with E-state index in [1.54, 1.807) is 0 Å². The molecule has 0 saturated carbocycles. The Bertz CT molecular complexity index is 930. The maximum absolute atomic E-state index is 5.55. The van der Waals surface area contributed by atoms with E-state index in [-0.39, 0.29) is 0 Å². The number of hydrogen-bond acceptors (Lipinski definition) is 2. The molecule has 1 aromatic heterocycles. The topological polar surface area (TPSA) is 22.3 Å². The van der Waals surface area contributed by atoms with Gasteiger partial charge in [-0.05, 0) is 36.1 Å². The Labute approximate surface area is 128 Å². The predicted molar refractivity (Wildman–Crippen MR) is 84.1 cm³/mol. The first-order valence-electron chi connectivity index (χ1n) is 7.65. The summed E-state index contributed by atoms with van der Waals surface area (Å²) in [5.74, 6) is 1.74. The Morgan fingerprint density at radius 2 is 1.82 bits per heavy atom. The van der Waals surface area contributed by atoms with Crippen LogP contribution in [0.1, 0.15) is 11.1 Å². The zero-order valence-electron chi connectivity index (χ0n) is 12.4. The lowest BCUT2D eigenvalue weighted by Gasteiger charge is -2.16. The van der Waals surface area contributed by atoms with Crippen LogP contribution in [-0.4, -0.2) is 6.79 Å². The van der Waals surface area contributed by atoms with Crippen molar-refractivity contribution in [3.63, 3.8) is 0 Å². The van der Waals surface area contributed by atoms with Crippen molar-refractivity contribution < 1.29 is 14.0 Å². The summed E-state index contributed by atoms with van der Waals surface area (Å²) in [6.07, 6.45) is 3.30. The SMILES string of the molecule is Cc1ccc2cc3[n+](cc2c1)CCc1cc2c(cc1-3)OCO2. The highest BCUT2D eigenvalue weighted by Crippen LogP contribution is 2.39. The zero-order valence-corrected chi connectivity index (χ0v) is 12.4. The van der Waals surface area contributed by atoms with E-state index in [2.05, 4.69) is 54.1 Å². The predicted octanol–water partition coefficient (Wildman–Crippen LogP) is 3.39. The Morgan fingerprint density at radius 1 is 0.955 bits per heavy atom. The van der Waals surface area contributed by atoms with Crippen LogP contribution in [0.4, 0.5) is 0 Å². The molecule has 3 heterocycles. The normalized spacial score (nSPS) is 14.8. The number of pyridine rings is 1. The smallest absolute Gasteiger partial charge is 0.231 e. The van der Waals surface area contributed by atoms with Gasteiger partial charge in [-0.3, -0.25) is 0 Å². The quantitative estimate of drug-likeness (QED) is 0.592. The molecule has 5 rings (SSSR count). The number of hydrogen-bond donors (Lipinski definition) is 0. The molecule has 0 atom stereocenters. The van der Waals surface area contributed by atoms with Gasteiger partial charge in [0.05, 0.1) is 5.56 Å². The second kappa shape index (κ2) is 4.23. The maximum atomic E-state index is 5.55. The molecule has 2 aromatic carbocycles. The second-order valence-corrected chi connectivity index (χ2v) is 6.10. The third kappa shape index (κ3) is 1.65. The fourth-order valence-corrected chi connectivity index (χ4v) is 3.49. The summed E-state index contributed by atoms with van der Waals surface area (Å²) < 4.78 is 13.4. The number of ether oxygens (including phenoxy) is 2. The van der Waals surface area contributed by atoms with E-state index < -0.39 is 0 Å². The number of benzene rings is 2. The van der Waals surface area contributed by atoms with Gasteiger partial charge in [-0.25, -0.2) is 0 Å². The van der Waals surface area contributed by atoms with Crippen molar-refractivity contribution in [2.75, 3.05) is 6.79 Å². The van der Waals surface area contributed by atoms with Gasteiger partial charge in [0.2, 0.25) is 12.5 Å². The van der Waals surface area contributed by atoms with E-state index in [1.807, 2.05) is 0 Å². The number of nitrogens with zero attached hydrogens (tertiary/aromatic N) is 1. The molecule has 0 spiro atoms. The van der Waals surface area contributed by atoms with Crippen molar-refractivity contribution >= 4 is 10.8 Å². The van der Waals surface area contributed by atoms with Crippen molar-refractivity contribution in [2.24, 2.45) is 0 Å². The molecule has 3 heteroatoms. The van der Waals surface area contributed by atoms with Crippen molar-refractivity contribution in [2.45, 2.75) is 19.9 Å². The minimum absolute atomic E-state index is 0.329. The lowest BCUT2D eigenvalue weighted by atomic mass is 9.95. The summed E-state index contributed by atoms with van der Waals surface area (Å²) in [6, 6.07) is 13.2. The van der Waals surface area contributed by atoms with Crippen LogP contribution in [0.15, 0.2) is 42.6 Å². The highest BCUT2D eigenvalue weighted by molar-refractivity contribution is 5.85. The van der Waals surface area contributed by atoms with E-state index >= 15 is 0 Å². The van der Waals surface area contributed by atoms with Crippen molar-refractivity contribution in [3.8, 4) is 22.8 Å². The molecule has 0 N–H and O–H groups in total. The number of aryl methyl sites for hydroxylation is 3. The Hall–Kier alpha value is -2.55. The number of fused-ring (bicyclic) bond motifs is 5. The zero-order chi connectivity index (χ0) is 14.7. The summed E-state index contributed by atoms with van der Waals surface area (Å²) in [5.41, 5.74) is 5.16. The highest BCUT2D eigenvalue weighted by Gasteiger charge is 2.27. The van der Waals surface area contributed by atoms with Gasteiger partial charge < -0.3 is 9.47 Å². The summed E-state index contributed by atoms with van der Waals surface area (Å²) in [5, 5.41) is 2.58. The van der Waals surface area contributed by atoms with E-state index in [0.29, 0.717) is 6.79 Å². The molecule has 0 bridgehead atoms. The van der Waals surface area contributed by atoms with E-state index in [0.717, 1.165) is 24.5 Å². The molecule has 0 unspecified atom stereocenters. The molecular weight excluding hydrogens is 274 g/mol. The van der Waals surface area contributed by atoms with E-state index in [1.165, 1.54) is 33.2 Å². The van der Waals surface area contributed by atoms with Crippen molar-refractivity contribution in [3.05, 3.63) is 53.7 Å². The Kier molecular flexibility index (Phi) is 2.31. The van der Waals surface area contributed by atoms with Gasteiger partial charge in [0.1, 0.15) is 0 Å². The third-order valence-corrected chi connectivity index (χ3v) is 4.64. The van der Waals surface area contributed by atoms with E-state index in [9.17, 15) is 0 Å². The summed E-state index contributed by atoms with van der Waals surface area (Å²) in [6.45, 7) is 3.47. The van der Waals surface area contributed by atoms with Crippen LogP contribution < -0.4 is 14.0 Å². The fraction of sp³-hybridized carbons (Fsp3) is 0.211. The van der Waals surface area contributed by atoms with Gasteiger partial charge in [-0.1, -0.05) is 17.7 Å². The van der Waals surface area contributed by atoms with Gasteiger partial charge in [-0.15, -0.1) is 0 Å². The number of aromatic nitrogens is 1. The molecule has 3 aromatic rings. The molecule has 3 nitrogen and oxygen atoms in total. The lowest BCUT2D eigenvalue weighted by molar-refractivity contribution is -0.686. The Balaban J connectivity index is 1.77. The summed E-state index contributed by atoms with van der Waals surface area (Å²) in [4.78, 5) is 0. The molecule has 0 amide bonds. The van der Waals surface area contributed by atoms with Gasteiger partial charge in [-0.2, -0.15) is 4.57 Å². The molecule has 108 valence electrons. The Morgan fingerprint density at radius 3 is 2.73 bits per heavy atom. The fourth-order valence-electron chi connectivity index (χ4n) is 3.49. The molecule has 2 aliphatic heterocycles. The average molecular weight is 290 g/mol. The standard InChI is InChI=1S/C19H16NO2/c1-12-2-3-13-7-17-16-9-19-18(21-11-22-19)8-14(16)4-5-20(17)10-15(13)6-12/h2-3,6-10H,4-5,11H2,1H3/q+1. The van der Waals surface area contributed by atoms with Crippen molar-refractivity contribution in [1.82, 2.24) is 0 Å². The monoisotopic (exact) mass is 290 g/mol. The molecule has 0 aliphatic carbocycles. The largest absolute Gasteiger partial charge is 0.454 e. The highest BCUT2D eigenvalue weighted by atomic mass is 16.7. The first-order valence-corrected chi connectivity index (χ1v) is 7.65. The van der Waals surface area contributed by atoms with Gasteiger partial charge >= 0.3 is 0 Å². The first-order chi connectivity index (χ1) is 10.8. The summed E-state index contributed by atoms with van der Waals surface area (Å²) >= 11 is 0. The molecular formula is C19H16NO2+. The average Bonchev–Trinajstić information content (AvgIpc) is 2.98. The van der Waals surface area contributed by atoms with Crippen LogP contribution in [0.2, 0.25) is 0 Å². The number of rotatable bonds is 0. The molecule has 2 aliphatic rings.